The third-order valence-corrected chi connectivity index (χ3v) is 4.56. The van der Waals surface area contributed by atoms with E-state index in [4.69, 9.17) is 4.74 Å². The van der Waals surface area contributed by atoms with Crippen LogP contribution in [0.5, 0.6) is 0 Å². The van der Waals surface area contributed by atoms with E-state index >= 15 is 0 Å². The minimum atomic E-state index is -1.23. The highest BCUT2D eigenvalue weighted by Gasteiger charge is 2.37. The molecule has 0 bridgehead atoms. The van der Waals surface area contributed by atoms with Crippen molar-refractivity contribution >= 4 is 27.6 Å². The number of nitro benzene ring substituents is 1. The molecule has 0 saturated heterocycles. The number of carbonyl (C=O) groups is 1. The van der Waals surface area contributed by atoms with Crippen LogP contribution < -0.4 is 0 Å². The first-order chi connectivity index (χ1) is 11.9. The van der Waals surface area contributed by atoms with Gasteiger partial charge in [-0.05, 0) is 46.8 Å². The summed E-state index contributed by atoms with van der Waals surface area (Å²) in [6, 6.07) is 5.05. The third-order valence-electron chi connectivity index (χ3n) is 4.15. The molecule has 3 atom stereocenters. The molecular formula is C16H15BrFN3O4. The molecule has 0 aliphatic heterocycles. The number of nitrogens with zero attached hydrogens (tertiary/aromatic N) is 3. The predicted octanol–water partition coefficient (Wildman–Crippen LogP) is 3.53. The Morgan fingerprint density at radius 2 is 2.12 bits per heavy atom. The van der Waals surface area contributed by atoms with E-state index in [1.807, 2.05) is 6.20 Å². The lowest BCUT2D eigenvalue weighted by Gasteiger charge is -2.14. The smallest absolute Gasteiger partial charge is 0.338 e. The number of rotatable bonds is 5. The van der Waals surface area contributed by atoms with Crippen LogP contribution in [0.25, 0.3) is 0 Å². The summed E-state index contributed by atoms with van der Waals surface area (Å²) >= 11 is 3.31. The monoisotopic (exact) mass is 411 g/mol. The second-order valence-electron chi connectivity index (χ2n) is 5.98. The standard InChI is InChI=1S/C16H15BrFN3O4/c17-12-7-19-20(9-12)8-10-5-14(18)15(6-10)25-16(22)11-1-3-13(4-2-11)21(23)24/h1-4,7,9-10,14-15H,5-6,8H2/t10?,14-,15+/m0/s1. The molecule has 7 nitrogen and oxygen atoms in total. The van der Waals surface area contributed by atoms with E-state index in [-0.39, 0.29) is 17.2 Å². The van der Waals surface area contributed by atoms with Crippen LogP contribution in [0.3, 0.4) is 0 Å². The molecule has 0 radical (unpaired) electrons. The van der Waals surface area contributed by atoms with Crippen LogP contribution in [0.2, 0.25) is 0 Å². The Hall–Kier alpha value is -2.29. The summed E-state index contributed by atoms with van der Waals surface area (Å²) in [7, 11) is 0. The lowest BCUT2D eigenvalue weighted by Crippen LogP contribution is -2.23. The van der Waals surface area contributed by atoms with Gasteiger partial charge in [0.05, 0.1) is 21.2 Å². The summed E-state index contributed by atoms with van der Waals surface area (Å²) in [6.45, 7) is 0.553. The lowest BCUT2D eigenvalue weighted by atomic mass is 10.1. The number of hydrogen-bond donors (Lipinski definition) is 0. The van der Waals surface area contributed by atoms with E-state index in [2.05, 4.69) is 21.0 Å². The van der Waals surface area contributed by atoms with Gasteiger partial charge in [-0.2, -0.15) is 5.10 Å². The van der Waals surface area contributed by atoms with Crippen molar-refractivity contribution in [1.29, 1.82) is 0 Å². The Bertz CT molecular complexity index is 780. The zero-order chi connectivity index (χ0) is 18.0. The van der Waals surface area contributed by atoms with Crippen molar-refractivity contribution in [2.75, 3.05) is 0 Å². The van der Waals surface area contributed by atoms with Gasteiger partial charge in [0.2, 0.25) is 0 Å². The zero-order valence-corrected chi connectivity index (χ0v) is 14.6. The molecule has 1 saturated carbocycles. The van der Waals surface area contributed by atoms with Gasteiger partial charge in [0, 0.05) is 24.9 Å². The molecule has 1 aliphatic carbocycles. The molecule has 9 heteroatoms. The minimum Gasteiger partial charge on any atom is -0.456 e. The Labute approximate surface area is 151 Å². The van der Waals surface area contributed by atoms with Gasteiger partial charge < -0.3 is 4.74 Å². The summed E-state index contributed by atoms with van der Waals surface area (Å²) < 4.78 is 22.0. The fourth-order valence-corrected chi connectivity index (χ4v) is 3.27. The fraction of sp³-hybridized carbons (Fsp3) is 0.375. The normalized spacial score (nSPS) is 22.7. The maximum atomic E-state index is 14.2. The molecule has 0 amide bonds. The SMILES string of the molecule is O=C(O[C@@H]1CC(Cn2cc(Br)cn2)C[C@@H]1F)c1ccc([N+](=O)[O-])cc1. The van der Waals surface area contributed by atoms with E-state index < -0.39 is 23.2 Å². The third kappa shape index (κ3) is 4.22. The topological polar surface area (TPSA) is 87.3 Å². The number of carbonyl (C=O) groups excluding carboxylic acids is 1. The summed E-state index contributed by atoms with van der Waals surface area (Å²) in [5, 5.41) is 14.8. The van der Waals surface area contributed by atoms with Crippen molar-refractivity contribution in [3.05, 3.63) is 56.8 Å². The predicted molar refractivity (Wildman–Crippen MR) is 89.8 cm³/mol. The van der Waals surface area contributed by atoms with Gasteiger partial charge in [0.15, 0.2) is 0 Å². The van der Waals surface area contributed by atoms with E-state index in [1.165, 1.54) is 24.3 Å². The Morgan fingerprint density at radius 1 is 1.40 bits per heavy atom. The molecule has 0 N–H and O–H groups in total. The first kappa shape index (κ1) is 17.5. The van der Waals surface area contributed by atoms with Crippen molar-refractivity contribution in [3.63, 3.8) is 0 Å². The van der Waals surface area contributed by atoms with Crippen LogP contribution in [-0.4, -0.2) is 32.9 Å². The molecular weight excluding hydrogens is 397 g/mol. The quantitative estimate of drug-likeness (QED) is 0.426. The van der Waals surface area contributed by atoms with Gasteiger partial charge in [-0.15, -0.1) is 0 Å². The Morgan fingerprint density at radius 3 is 2.72 bits per heavy atom. The van der Waals surface area contributed by atoms with Crippen molar-refractivity contribution in [1.82, 2.24) is 9.78 Å². The van der Waals surface area contributed by atoms with Gasteiger partial charge in [-0.3, -0.25) is 14.8 Å². The highest BCUT2D eigenvalue weighted by atomic mass is 79.9. The van der Waals surface area contributed by atoms with E-state index in [0.717, 1.165) is 4.47 Å². The zero-order valence-electron chi connectivity index (χ0n) is 13.0. The summed E-state index contributed by atoms with van der Waals surface area (Å²) in [4.78, 5) is 22.2. The van der Waals surface area contributed by atoms with Gasteiger partial charge >= 0.3 is 5.97 Å². The Balaban J connectivity index is 1.58. The molecule has 1 heterocycles. The number of hydrogen-bond acceptors (Lipinski definition) is 5. The second kappa shape index (κ2) is 7.30. The number of halogens is 2. The molecule has 3 rings (SSSR count). The van der Waals surface area contributed by atoms with E-state index in [1.54, 1.807) is 10.9 Å². The second-order valence-corrected chi connectivity index (χ2v) is 6.90. The van der Waals surface area contributed by atoms with E-state index in [0.29, 0.717) is 19.4 Å². The van der Waals surface area contributed by atoms with Crippen LogP contribution in [0.4, 0.5) is 10.1 Å². The number of nitro groups is 1. The van der Waals surface area contributed by atoms with E-state index in [9.17, 15) is 19.3 Å². The fourth-order valence-electron chi connectivity index (χ4n) is 2.94. The van der Waals surface area contributed by atoms with Crippen LogP contribution in [-0.2, 0) is 11.3 Å². The van der Waals surface area contributed by atoms with Gasteiger partial charge in [-0.1, -0.05) is 0 Å². The maximum Gasteiger partial charge on any atom is 0.338 e. The summed E-state index contributed by atoms with van der Waals surface area (Å²) in [5.41, 5.74) is 0.0449. The Kier molecular flexibility index (Phi) is 5.12. The summed E-state index contributed by atoms with van der Waals surface area (Å²) in [6.07, 6.45) is 2.14. The highest BCUT2D eigenvalue weighted by Crippen LogP contribution is 2.32. The average molecular weight is 412 g/mol. The highest BCUT2D eigenvalue weighted by molar-refractivity contribution is 9.10. The van der Waals surface area contributed by atoms with Crippen molar-refractivity contribution in [2.24, 2.45) is 5.92 Å². The molecule has 1 fully saturated rings. The van der Waals surface area contributed by atoms with Crippen LogP contribution in [0.1, 0.15) is 23.2 Å². The maximum absolute atomic E-state index is 14.2. The molecule has 2 aromatic rings. The number of benzene rings is 1. The first-order valence-electron chi connectivity index (χ1n) is 7.70. The van der Waals surface area contributed by atoms with Crippen LogP contribution in [0.15, 0.2) is 41.1 Å². The number of non-ortho nitro benzene ring substituents is 1. The number of esters is 1. The molecule has 1 aliphatic rings. The number of aromatic nitrogens is 2. The number of ether oxygens (including phenoxy) is 1. The molecule has 1 aromatic heterocycles. The molecule has 1 unspecified atom stereocenters. The number of alkyl halides is 1. The molecule has 25 heavy (non-hydrogen) atoms. The van der Waals surface area contributed by atoms with Gasteiger partial charge in [0.25, 0.3) is 5.69 Å². The van der Waals surface area contributed by atoms with Crippen molar-refractivity contribution in [2.45, 2.75) is 31.7 Å². The lowest BCUT2D eigenvalue weighted by molar-refractivity contribution is -0.384. The van der Waals surface area contributed by atoms with Gasteiger partial charge in [-0.25, -0.2) is 9.18 Å². The largest absolute Gasteiger partial charge is 0.456 e. The summed E-state index contributed by atoms with van der Waals surface area (Å²) in [5.74, 6) is -0.651. The molecule has 1 aromatic carbocycles. The average Bonchev–Trinajstić information content (AvgIpc) is 3.13. The minimum absolute atomic E-state index is 0.0245. The van der Waals surface area contributed by atoms with Crippen molar-refractivity contribution < 1.29 is 18.8 Å². The first-order valence-corrected chi connectivity index (χ1v) is 8.49. The van der Waals surface area contributed by atoms with Crippen LogP contribution in [0, 0.1) is 16.0 Å². The molecule has 132 valence electrons. The molecule has 0 spiro atoms. The van der Waals surface area contributed by atoms with Gasteiger partial charge in [0.1, 0.15) is 12.3 Å². The van der Waals surface area contributed by atoms with Crippen LogP contribution >= 0.6 is 15.9 Å². The van der Waals surface area contributed by atoms with Crippen molar-refractivity contribution in [3.8, 4) is 0 Å².